The lowest BCUT2D eigenvalue weighted by atomic mass is 9.90. The normalized spacial score (nSPS) is 15.0. The van der Waals surface area contributed by atoms with Crippen molar-refractivity contribution >= 4 is 5.69 Å². The van der Waals surface area contributed by atoms with Crippen LogP contribution in [-0.4, -0.2) is 34.4 Å². The summed E-state index contributed by atoms with van der Waals surface area (Å²) in [6.45, 7) is 2.19. The van der Waals surface area contributed by atoms with Crippen molar-refractivity contribution in [3.05, 3.63) is 48.0 Å². The third-order valence-electron chi connectivity index (χ3n) is 5.33. The summed E-state index contributed by atoms with van der Waals surface area (Å²) in [5.74, 6) is 3.35. The molecule has 0 aliphatic carbocycles. The lowest BCUT2D eigenvalue weighted by Crippen LogP contribution is -2.34. The van der Waals surface area contributed by atoms with Crippen LogP contribution in [0.2, 0.25) is 0 Å². The van der Waals surface area contributed by atoms with Crippen molar-refractivity contribution in [3.63, 3.8) is 0 Å². The summed E-state index contributed by atoms with van der Waals surface area (Å²) >= 11 is 0. The van der Waals surface area contributed by atoms with Gasteiger partial charge in [0.05, 0.1) is 27.0 Å². The van der Waals surface area contributed by atoms with E-state index in [-0.39, 0.29) is 0 Å². The van der Waals surface area contributed by atoms with Gasteiger partial charge in [-0.1, -0.05) is 18.2 Å². The Balaban J connectivity index is 1.53. The van der Waals surface area contributed by atoms with Crippen molar-refractivity contribution in [2.45, 2.75) is 25.7 Å². The molecule has 0 atom stereocenters. The van der Waals surface area contributed by atoms with Crippen molar-refractivity contribution in [1.29, 1.82) is 0 Å². The number of hydrogen-bond acceptors (Lipinski definition) is 4. The van der Waals surface area contributed by atoms with Gasteiger partial charge in [-0.3, -0.25) is 0 Å². The first kappa shape index (κ1) is 18.4. The Hall–Kier alpha value is -2.36. The molecule has 1 fully saturated rings. The van der Waals surface area contributed by atoms with Gasteiger partial charge in [0.15, 0.2) is 11.5 Å². The highest BCUT2D eigenvalue weighted by atomic mass is 16.5. The summed E-state index contributed by atoms with van der Waals surface area (Å²) in [5.41, 5.74) is 2.53. The molecule has 0 N–H and O–H groups in total. The molecule has 2 aromatic rings. The van der Waals surface area contributed by atoms with Gasteiger partial charge in [-0.15, -0.1) is 0 Å². The van der Waals surface area contributed by atoms with Crippen LogP contribution < -0.4 is 19.1 Å². The van der Waals surface area contributed by atoms with Crippen molar-refractivity contribution in [2.24, 2.45) is 5.92 Å². The highest BCUT2D eigenvalue weighted by Crippen LogP contribution is 2.33. The van der Waals surface area contributed by atoms with Crippen LogP contribution in [0.5, 0.6) is 17.2 Å². The molecule has 26 heavy (non-hydrogen) atoms. The highest BCUT2D eigenvalue weighted by molar-refractivity contribution is 5.58. The SMILES string of the molecule is COc1ccc(CCC2CCN(c3ccccc3OC)CC2)cc1OC. The second-order valence-electron chi connectivity index (χ2n) is 6.83. The third kappa shape index (κ3) is 4.24. The van der Waals surface area contributed by atoms with Crippen LogP contribution in [0.1, 0.15) is 24.8 Å². The molecule has 0 amide bonds. The average Bonchev–Trinajstić information content (AvgIpc) is 2.72. The maximum Gasteiger partial charge on any atom is 0.160 e. The van der Waals surface area contributed by atoms with Crippen LogP contribution in [0.15, 0.2) is 42.5 Å². The molecule has 140 valence electrons. The number of anilines is 1. The Morgan fingerprint density at radius 1 is 0.846 bits per heavy atom. The molecule has 1 saturated heterocycles. The first-order chi connectivity index (χ1) is 12.7. The van der Waals surface area contributed by atoms with E-state index in [2.05, 4.69) is 29.2 Å². The molecule has 0 radical (unpaired) electrons. The molecule has 2 aromatic carbocycles. The van der Waals surface area contributed by atoms with Gasteiger partial charge < -0.3 is 19.1 Å². The van der Waals surface area contributed by atoms with Crippen molar-refractivity contribution in [2.75, 3.05) is 39.3 Å². The summed E-state index contributed by atoms with van der Waals surface area (Å²) < 4.78 is 16.2. The van der Waals surface area contributed by atoms with Crippen LogP contribution in [-0.2, 0) is 6.42 Å². The summed E-state index contributed by atoms with van der Waals surface area (Å²) in [5, 5.41) is 0. The van der Waals surface area contributed by atoms with Crippen LogP contribution in [0.4, 0.5) is 5.69 Å². The van der Waals surface area contributed by atoms with E-state index in [1.807, 2.05) is 18.2 Å². The van der Waals surface area contributed by atoms with E-state index in [1.54, 1.807) is 21.3 Å². The van der Waals surface area contributed by atoms with Gasteiger partial charge in [0, 0.05) is 13.1 Å². The number of ether oxygens (including phenoxy) is 3. The Kier molecular flexibility index (Phi) is 6.26. The predicted molar refractivity (Wildman–Crippen MR) is 106 cm³/mol. The quantitative estimate of drug-likeness (QED) is 0.728. The van der Waals surface area contributed by atoms with Gasteiger partial charge in [-0.2, -0.15) is 0 Å². The smallest absolute Gasteiger partial charge is 0.160 e. The van der Waals surface area contributed by atoms with E-state index in [4.69, 9.17) is 14.2 Å². The molecule has 3 rings (SSSR count). The van der Waals surface area contributed by atoms with E-state index in [0.717, 1.165) is 42.7 Å². The monoisotopic (exact) mass is 355 g/mol. The zero-order valence-corrected chi connectivity index (χ0v) is 16.0. The fourth-order valence-corrected chi connectivity index (χ4v) is 3.76. The van der Waals surface area contributed by atoms with E-state index in [9.17, 15) is 0 Å². The largest absolute Gasteiger partial charge is 0.495 e. The number of aryl methyl sites for hydroxylation is 1. The predicted octanol–water partition coefficient (Wildman–Crippen LogP) is 4.56. The maximum atomic E-state index is 5.51. The number of benzene rings is 2. The summed E-state index contributed by atoms with van der Waals surface area (Å²) in [7, 11) is 5.11. The zero-order valence-electron chi connectivity index (χ0n) is 16.0. The van der Waals surface area contributed by atoms with E-state index in [0.29, 0.717) is 0 Å². The zero-order chi connectivity index (χ0) is 18.4. The van der Waals surface area contributed by atoms with Crippen LogP contribution in [0.25, 0.3) is 0 Å². The Morgan fingerprint density at radius 3 is 2.23 bits per heavy atom. The van der Waals surface area contributed by atoms with Gasteiger partial charge >= 0.3 is 0 Å². The second-order valence-corrected chi connectivity index (χ2v) is 6.83. The molecule has 0 saturated carbocycles. The molecule has 4 nitrogen and oxygen atoms in total. The number of hydrogen-bond donors (Lipinski definition) is 0. The number of rotatable bonds is 7. The number of nitrogens with zero attached hydrogens (tertiary/aromatic N) is 1. The summed E-state index contributed by atoms with van der Waals surface area (Å²) in [6, 6.07) is 14.5. The molecular weight excluding hydrogens is 326 g/mol. The fourth-order valence-electron chi connectivity index (χ4n) is 3.76. The minimum atomic E-state index is 0.772. The highest BCUT2D eigenvalue weighted by Gasteiger charge is 2.21. The Morgan fingerprint density at radius 2 is 1.54 bits per heavy atom. The molecule has 0 aromatic heterocycles. The van der Waals surface area contributed by atoms with Gasteiger partial charge in [-0.05, 0) is 61.4 Å². The van der Waals surface area contributed by atoms with Gasteiger partial charge in [0.2, 0.25) is 0 Å². The first-order valence-electron chi connectivity index (χ1n) is 9.34. The molecule has 0 spiro atoms. The van der Waals surface area contributed by atoms with Crippen molar-refractivity contribution in [3.8, 4) is 17.2 Å². The van der Waals surface area contributed by atoms with Crippen LogP contribution in [0.3, 0.4) is 0 Å². The Labute approximate surface area is 156 Å². The molecule has 0 unspecified atom stereocenters. The third-order valence-corrected chi connectivity index (χ3v) is 5.33. The minimum Gasteiger partial charge on any atom is -0.495 e. The molecule has 1 aliphatic rings. The molecular formula is C22H29NO3. The van der Waals surface area contributed by atoms with Gasteiger partial charge in [0.25, 0.3) is 0 Å². The molecule has 0 bridgehead atoms. The second kappa shape index (κ2) is 8.84. The average molecular weight is 355 g/mol. The fraction of sp³-hybridized carbons (Fsp3) is 0.455. The summed E-state index contributed by atoms with van der Waals surface area (Å²) in [4.78, 5) is 2.45. The van der Waals surface area contributed by atoms with E-state index in [1.165, 1.54) is 30.5 Å². The van der Waals surface area contributed by atoms with Crippen molar-refractivity contribution < 1.29 is 14.2 Å². The maximum absolute atomic E-state index is 5.51. The summed E-state index contributed by atoms with van der Waals surface area (Å²) in [6.07, 6.45) is 4.76. The van der Waals surface area contributed by atoms with Crippen molar-refractivity contribution in [1.82, 2.24) is 0 Å². The Bertz CT molecular complexity index is 708. The molecule has 1 heterocycles. The van der Waals surface area contributed by atoms with Gasteiger partial charge in [0.1, 0.15) is 5.75 Å². The number of piperidine rings is 1. The minimum absolute atomic E-state index is 0.772. The van der Waals surface area contributed by atoms with E-state index < -0.39 is 0 Å². The lowest BCUT2D eigenvalue weighted by molar-refractivity contribution is 0.353. The molecule has 4 heteroatoms. The van der Waals surface area contributed by atoms with Crippen LogP contribution >= 0.6 is 0 Å². The van der Waals surface area contributed by atoms with Gasteiger partial charge in [-0.25, -0.2) is 0 Å². The van der Waals surface area contributed by atoms with Crippen LogP contribution in [0, 0.1) is 5.92 Å². The number of methoxy groups -OCH3 is 3. The topological polar surface area (TPSA) is 30.9 Å². The molecule has 1 aliphatic heterocycles. The number of para-hydroxylation sites is 2. The lowest BCUT2D eigenvalue weighted by Gasteiger charge is -2.34. The standard InChI is InChI=1S/C22H29NO3/c1-24-20-7-5-4-6-19(20)23-14-12-17(13-15-23)8-9-18-10-11-21(25-2)22(16-18)26-3/h4-7,10-11,16-17H,8-9,12-15H2,1-3H3. The first-order valence-corrected chi connectivity index (χ1v) is 9.34. The van der Waals surface area contributed by atoms with E-state index >= 15 is 0 Å².